The molecule has 0 radical (unpaired) electrons. The molecule has 0 atom stereocenters. The molecule has 3 aromatic rings. The van der Waals surface area contributed by atoms with Crippen LogP contribution in [0.15, 0.2) is 47.0 Å². The highest BCUT2D eigenvalue weighted by Gasteiger charge is 2.21. The van der Waals surface area contributed by atoms with E-state index in [1.807, 2.05) is 0 Å². The van der Waals surface area contributed by atoms with Gasteiger partial charge in [-0.1, -0.05) is 5.16 Å². The minimum atomic E-state index is -0.345. The molecule has 0 aliphatic carbocycles. The second-order valence-corrected chi connectivity index (χ2v) is 5.07. The number of hydrogen-bond acceptors (Lipinski definition) is 5. The average Bonchev–Trinajstić information content (AvgIpc) is 3.05. The molecule has 0 aliphatic rings. The maximum absolute atomic E-state index is 13.1. The Kier molecular flexibility index (Phi) is 4.48. The summed E-state index contributed by atoms with van der Waals surface area (Å²) in [6.07, 6.45) is 0. The van der Waals surface area contributed by atoms with Gasteiger partial charge < -0.3 is 19.1 Å². The van der Waals surface area contributed by atoms with Gasteiger partial charge in [-0.2, -0.15) is 0 Å². The smallest absolute Gasteiger partial charge is 0.176 e. The number of halogens is 1. The Balaban J connectivity index is 2.15. The van der Waals surface area contributed by atoms with E-state index in [1.165, 1.54) is 12.1 Å². The largest absolute Gasteiger partial charge is 0.497 e. The summed E-state index contributed by atoms with van der Waals surface area (Å²) in [4.78, 5) is 0. The summed E-state index contributed by atoms with van der Waals surface area (Å²) < 4.78 is 29.2. The van der Waals surface area contributed by atoms with E-state index in [9.17, 15) is 9.50 Å². The molecule has 24 heavy (non-hydrogen) atoms. The summed E-state index contributed by atoms with van der Waals surface area (Å²) in [6, 6.07) is 11.1. The van der Waals surface area contributed by atoms with E-state index in [0.717, 1.165) is 0 Å². The maximum Gasteiger partial charge on any atom is 0.176 e. The molecule has 2 aromatic carbocycles. The third-order valence-corrected chi connectivity index (χ3v) is 3.72. The van der Waals surface area contributed by atoms with Crippen molar-refractivity contribution in [2.75, 3.05) is 14.2 Å². The van der Waals surface area contributed by atoms with Gasteiger partial charge in [-0.3, -0.25) is 0 Å². The monoisotopic (exact) mass is 329 g/mol. The zero-order valence-electron chi connectivity index (χ0n) is 13.2. The van der Waals surface area contributed by atoms with Crippen molar-refractivity contribution in [1.29, 1.82) is 0 Å². The van der Waals surface area contributed by atoms with Crippen LogP contribution in [0.3, 0.4) is 0 Å². The Labute approximate surface area is 138 Å². The van der Waals surface area contributed by atoms with Crippen LogP contribution in [-0.4, -0.2) is 24.5 Å². The molecule has 0 spiro atoms. The number of aromatic nitrogens is 1. The molecule has 1 aromatic heterocycles. The standard InChI is InChI=1S/C18H16FNO4/c1-22-13-7-8-16(23-2)14(9-13)18-15(10-21)17(20-24-18)11-3-5-12(19)6-4-11/h3-9,21H,10H2,1-2H3. The van der Waals surface area contributed by atoms with E-state index in [1.54, 1.807) is 44.6 Å². The zero-order valence-corrected chi connectivity index (χ0v) is 13.2. The molecule has 1 N–H and O–H groups in total. The van der Waals surface area contributed by atoms with Crippen LogP contribution in [0.25, 0.3) is 22.6 Å². The second kappa shape index (κ2) is 6.72. The van der Waals surface area contributed by atoms with Gasteiger partial charge in [0.25, 0.3) is 0 Å². The van der Waals surface area contributed by atoms with Crippen LogP contribution in [-0.2, 0) is 6.61 Å². The van der Waals surface area contributed by atoms with Crippen LogP contribution >= 0.6 is 0 Å². The molecule has 6 heteroatoms. The van der Waals surface area contributed by atoms with Crippen LogP contribution in [0.1, 0.15) is 5.56 Å². The number of aliphatic hydroxyl groups is 1. The molecular weight excluding hydrogens is 313 g/mol. The third-order valence-electron chi connectivity index (χ3n) is 3.72. The lowest BCUT2D eigenvalue weighted by atomic mass is 10.0. The Morgan fingerprint density at radius 3 is 2.46 bits per heavy atom. The molecule has 1 heterocycles. The predicted molar refractivity (Wildman–Crippen MR) is 86.4 cm³/mol. The maximum atomic E-state index is 13.1. The molecular formula is C18H16FNO4. The highest BCUT2D eigenvalue weighted by atomic mass is 19.1. The molecule has 0 bridgehead atoms. The number of nitrogens with zero attached hydrogens (tertiary/aromatic N) is 1. The van der Waals surface area contributed by atoms with E-state index in [2.05, 4.69) is 5.16 Å². The van der Waals surface area contributed by atoms with Gasteiger partial charge in [0.1, 0.15) is 23.0 Å². The highest BCUT2D eigenvalue weighted by molar-refractivity contribution is 5.76. The van der Waals surface area contributed by atoms with Crippen molar-refractivity contribution < 1.29 is 23.5 Å². The van der Waals surface area contributed by atoms with Gasteiger partial charge >= 0.3 is 0 Å². The lowest BCUT2D eigenvalue weighted by molar-refractivity contribution is 0.281. The van der Waals surface area contributed by atoms with Crippen LogP contribution in [0.5, 0.6) is 11.5 Å². The van der Waals surface area contributed by atoms with Crippen LogP contribution in [0.4, 0.5) is 4.39 Å². The van der Waals surface area contributed by atoms with Crippen molar-refractivity contribution in [3.63, 3.8) is 0 Å². The van der Waals surface area contributed by atoms with Crippen molar-refractivity contribution in [3.05, 3.63) is 53.8 Å². The number of ether oxygens (including phenoxy) is 2. The fourth-order valence-corrected chi connectivity index (χ4v) is 2.49. The molecule has 0 saturated heterocycles. The van der Waals surface area contributed by atoms with Crippen molar-refractivity contribution >= 4 is 0 Å². The molecule has 124 valence electrons. The van der Waals surface area contributed by atoms with Gasteiger partial charge in [0.15, 0.2) is 5.76 Å². The summed E-state index contributed by atoms with van der Waals surface area (Å²) in [6.45, 7) is -0.286. The molecule has 0 fully saturated rings. The second-order valence-electron chi connectivity index (χ2n) is 5.07. The van der Waals surface area contributed by atoms with Gasteiger partial charge in [0, 0.05) is 5.56 Å². The van der Waals surface area contributed by atoms with Gasteiger partial charge in [-0.15, -0.1) is 0 Å². The topological polar surface area (TPSA) is 64.7 Å². The molecule has 5 nitrogen and oxygen atoms in total. The van der Waals surface area contributed by atoms with E-state index >= 15 is 0 Å². The molecule has 0 amide bonds. The summed E-state index contributed by atoms with van der Waals surface area (Å²) in [5.41, 5.74) is 2.21. The van der Waals surface area contributed by atoms with E-state index in [-0.39, 0.29) is 12.4 Å². The molecule has 0 saturated carbocycles. The third kappa shape index (κ3) is 2.83. The predicted octanol–water partition coefficient (Wildman–Crippen LogP) is 3.66. The average molecular weight is 329 g/mol. The molecule has 0 unspecified atom stereocenters. The van der Waals surface area contributed by atoms with E-state index in [4.69, 9.17) is 14.0 Å². The highest BCUT2D eigenvalue weighted by Crippen LogP contribution is 2.38. The Bertz CT molecular complexity index is 843. The number of benzene rings is 2. The van der Waals surface area contributed by atoms with Gasteiger partial charge in [0.2, 0.25) is 0 Å². The zero-order chi connectivity index (χ0) is 17.1. The Morgan fingerprint density at radius 2 is 1.83 bits per heavy atom. The first-order valence-electron chi connectivity index (χ1n) is 7.25. The number of aliphatic hydroxyl groups excluding tert-OH is 1. The Hall–Kier alpha value is -2.86. The first-order chi connectivity index (χ1) is 11.7. The first kappa shape index (κ1) is 16.0. The summed E-state index contributed by atoms with van der Waals surface area (Å²) >= 11 is 0. The normalized spacial score (nSPS) is 10.7. The Morgan fingerprint density at radius 1 is 1.08 bits per heavy atom. The minimum Gasteiger partial charge on any atom is -0.497 e. The van der Waals surface area contributed by atoms with Crippen LogP contribution in [0, 0.1) is 5.82 Å². The van der Waals surface area contributed by atoms with Gasteiger partial charge in [0.05, 0.1) is 32.0 Å². The molecule has 3 rings (SSSR count). The fourth-order valence-electron chi connectivity index (χ4n) is 2.49. The quantitative estimate of drug-likeness (QED) is 0.774. The fraction of sp³-hybridized carbons (Fsp3) is 0.167. The summed E-state index contributed by atoms with van der Waals surface area (Å²) in [5.74, 6) is 1.22. The van der Waals surface area contributed by atoms with Crippen LogP contribution in [0.2, 0.25) is 0 Å². The summed E-state index contributed by atoms with van der Waals surface area (Å²) in [5, 5.41) is 13.8. The minimum absolute atomic E-state index is 0.286. The van der Waals surface area contributed by atoms with Gasteiger partial charge in [-0.25, -0.2) is 4.39 Å². The van der Waals surface area contributed by atoms with E-state index in [0.29, 0.717) is 39.6 Å². The van der Waals surface area contributed by atoms with E-state index < -0.39 is 0 Å². The SMILES string of the molecule is COc1ccc(OC)c(-c2onc(-c3ccc(F)cc3)c2CO)c1. The first-order valence-corrected chi connectivity index (χ1v) is 7.25. The number of rotatable bonds is 5. The number of hydrogen-bond donors (Lipinski definition) is 1. The lowest BCUT2D eigenvalue weighted by Crippen LogP contribution is -1.93. The molecule has 0 aliphatic heterocycles. The van der Waals surface area contributed by atoms with Crippen molar-refractivity contribution in [1.82, 2.24) is 5.16 Å². The lowest BCUT2D eigenvalue weighted by Gasteiger charge is -2.09. The number of methoxy groups -OCH3 is 2. The summed E-state index contributed by atoms with van der Waals surface area (Å²) in [7, 11) is 3.10. The van der Waals surface area contributed by atoms with Crippen molar-refractivity contribution in [2.45, 2.75) is 6.61 Å². The van der Waals surface area contributed by atoms with Crippen molar-refractivity contribution in [2.24, 2.45) is 0 Å². The van der Waals surface area contributed by atoms with Crippen LogP contribution < -0.4 is 9.47 Å². The van der Waals surface area contributed by atoms with Crippen molar-refractivity contribution in [3.8, 4) is 34.1 Å². The van der Waals surface area contributed by atoms with Gasteiger partial charge in [-0.05, 0) is 42.5 Å².